The van der Waals surface area contributed by atoms with Gasteiger partial charge in [-0.05, 0) is 55.5 Å². The maximum absolute atomic E-state index is 14.1. The van der Waals surface area contributed by atoms with Crippen LogP contribution in [0.2, 0.25) is 0 Å². The summed E-state index contributed by atoms with van der Waals surface area (Å²) >= 11 is 0. The third kappa shape index (κ3) is 2.78. The highest BCUT2D eigenvalue weighted by Gasteiger charge is 2.67. The number of fused-ring (bicyclic) bond motifs is 4. The fourth-order valence-corrected chi connectivity index (χ4v) is 7.08. The summed E-state index contributed by atoms with van der Waals surface area (Å²) < 4.78 is 0. The second-order valence-corrected chi connectivity index (χ2v) is 10.3. The minimum absolute atomic E-state index is 0.0719. The van der Waals surface area contributed by atoms with Gasteiger partial charge in [0.2, 0.25) is 23.6 Å². The van der Waals surface area contributed by atoms with E-state index in [4.69, 9.17) is 0 Å². The van der Waals surface area contributed by atoms with Crippen LogP contribution in [0.4, 0.5) is 5.69 Å². The summed E-state index contributed by atoms with van der Waals surface area (Å²) in [5.74, 6) is -3.34. The molecule has 6 rings (SSSR count). The summed E-state index contributed by atoms with van der Waals surface area (Å²) in [5, 5.41) is 10.3. The molecule has 0 unspecified atom stereocenters. The molecule has 2 saturated heterocycles. The van der Waals surface area contributed by atoms with Crippen molar-refractivity contribution < 1.29 is 24.3 Å². The third-order valence-corrected chi connectivity index (χ3v) is 8.71. The number of benzene rings is 2. The average Bonchev–Trinajstić information content (AvgIpc) is 3.19. The van der Waals surface area contributed by atoms with Crippen molar-refractivity contribution in [3.8, 4) is 5.75 Å². The molecule has 1 N–H and O–H groups in total. The molecule has 2 heterocycles. The van der Waals surface area contributed by atoms with Gasteiger partial charge >= 0.3 is 0 Å². The summed E-state index contributed by atoms with van der Waals surface area (Å²) in [4.78, 5) is 56.4. The Hall–Kier alpha value is -3.74. The number of likely N-dealkylation sites (tertiary alicyclic amines) is 1. The highest BCUT2D eigenvalue weighted by Crippen LogP contribution is 2.63. The van der Waals surface area contributed by atoms with Gasteiger partial charge in [0.05, 0.1) is 28.9 Å². The minimum atomic E-state index is -1.09. The smallest absolute Gasteiger partial charge is 0.241 e. The summed E-state index contributed by atoms with van der Waals surface area (Å²) in [5.41, 5.74) is 1.08. The van der Waals surface area contributed by atoms with Crippen molar-refractivity contribution in [3.05, 3.63) is 71.8 Å². The van der Waals surface area contributed by atoms with E-state index >= 15 is 0 Å². The molecule has 0 radical (unpaired) electrons. The quantitative estimate of drug-likeness (QED) is 0.537. The lowest BCUT2D eigenvalue weighted by Crippen LogP contribution is -2.48. The first kappa shape index (κ1) is 21.8. The fraction of sp³-hybridized carbons (Fsp3) is 0.357. The Kier molecular flexibility index (Phi) is 4.59. The number of para-hydroxylation sites is 1. The molecule has 3 fully saturated rings. The molecule has 2 aliphatic carbocycles. The minimum Gasteiger partial charge on any atom is -0.508 e. The first-order valence-corrected chi connectivity index (χ1v) is 12.0. The van der Waals surface area contributed by atoms with Gasteiger partial charge in [0.15, 0.2) is 0 Å². The number of phenols is 1. The van der Waals surface area contributed by atoms with E-state index in [0.29, 0.717) is 18.5 Å². The number of carbonyl (C=O) groups is 4. The number of phenolic OH excluding ortho intramolecular Hbond substituents is 1. The molecule has 0 bridgehead atoms. The summed E-state index contributed by atoms with van der Waals surface area (Å²) in [6, 6.07) is 15.7. The van der Waals surface area contributed by atoms with Crippen LogP contribution in [0.15, 0.2) is 66.2 Å². The summed E-state index contributed by atoms with van der Waals surface area (Å²) in [6.07, 6.45) is 2.76. The number of anilines is 1. The normalized spacial score (nSPS) is 34.0. The van der Waals surface area contributed by atoms with Crippen molar-refractivity contribution in [3.63, 3.8) is 0 Å². The van der Waals surface area contributed by atoms with Crippen molar-refractivity contribution in [1.82, 2.24) is 4.90 Å². The molecule has 2 aromatic rings. The van der Waals surface area contributed by atoms with E-state index in [1.54, 1.807) is 42.5 Å². The van der Waals surface area contributed by atoms with Crippen LogP contribution < -0.4 is 4.90 Å². The molecule has 0 aromatic heterocycles. The Labute approximate surface area is 203 Å². The van der Waals surface area contributed by atoms with E-state index in [2.05, 4.69) is 0 Å². The molecule has 0 spiro atoms. The predicted octanol–water partition coefficient (Wildman–Crippen LogP) is 3.25. The van der Waals surface area contributed by atoms with Crippen LogP contribution in [-0.4, -0.2) is 40.7 Å². The Morgan fingerprint density at radius 1 is 0.914 bits per heavy atom. The van der Waals surface area contributed by atoms with E-state index < -0.39 is 29.1 Å². The zero-order valence-corrected chi connectivity index (χ0v) is 19.5. The van der Waals surface area contributed by atoms with Crippen LogP contribution in [0.1, 0.15) is 31.2 Å². The van der Waals surface area contributed by atoms with E-state index in [0.717, 1.165) is 11.1 Å². The van der Waals surface area contributed by atoms with Crippen molar-refractivity contribution in [2.75, 3.05) is 11.9 Å². The Bertz CT molecular complexity index is 1320. The number of imide groups is 2. The topological polar surface area (TPSA) is 95.0 Å². The van der Waals surface area contributed by atoms with Crippen LogP contribution in [0.3, 0.4) is 0 Å². The zero-order valence-electron chi connectivity index (χ0n) is 19.5. The number of allylic oxidation sites excluding steroid dienone is 2. The van der Waals surface area contributed by atoms with Crippen LogP contribution in [0.25, 0.3) is 0 Å². The first-order valence-electron chi connectivity index (χ1n) is 12.0. The SMILES string of the molecule is CN1C(=O)[C@H]2[C@H](CC=C3[C@H]2C[C@H]2C(=O)N(c4ccccc4)C(=O)[C@@]2(C)[C@H]3c2cccc(O)c2)C1=O. The molecule has 6 atom stereocenters. The van der Waals surface area contributed by atoms with Crippen molar-refractivity contribution in [1.29, 1.82) is 0 Å². The standard InChI is InChI=1S/C28H26N2O5/c1-28-21(25(33)30(27(28)35)16-8-4-3-5-9-16)14-20-18(23(28)15-7-6-10-17(31)13-15)11-12-19-22(20)26(34)29(2)24(19)32/h3-11,13,19-23,31H,12,14H2,1-2H3/t19-,20+,21-,22-,23-,28+/m0/s1. The van der Waals surface area contributed by atoms with Crippen LogP contribution >= 0.6 is 0 Å². The number of carbonyl (C=O) groups excluding carboxylic acids is 4. The predicted molar refractivity (Wildman–Crippen MR) is 127 cm³/mol. The van der Waals surface area contributed by atoms with Gasteiger partial charge in [-0.2, -0.15) is 0 Å². The number of hydrogen-bond acceptors (Lipinski definition) is 5. The number of aromatic hydroxyl groups is 1. The first-order chi connectivity index (χ1) is 16.7. The highest BCUT2D eigenvalue weighted by atomic mass is 16.3. The van der Waals surface area contributed by atoms with Crippen LogP contribution in [0.5, 0.6) is 5.75 Å². The second-order valence-electron chi connectivity index (χ2n) is 10.3. The van der Waals surface area contributed by atoms with Crippen LogP contribution in [0, 0.1) is 29.1 Å². The zero-order chi connectivity index (χ0) is 24.6. The van der Waals surface area contributed by atoms with Gasteiger partial charge in [0, 0.05) is 13.0 Å². The lowest BCUT2D eigenvalue weighted by molar-refractivity contribution is -0.138. The molecule has 1 saturated carbocycles. The molecule has 7 nitrogen and oxygen atoms in total. The number of rotatable bonds is 2. The molecule has 4 amide bonds. The second kappa shape index (κ2) is 7.38. The van der Waals surface area contributed by atoms with E-state index in [1.807, 2.05) is 25.1 Å². The third-order valence-electron chi connectivity index (χ3n) is 8.71. The Balaban J connectivity index is 1.54. The van der Waals surface area contributed by atoms with Gasteiger partial charge < -0.3 is 5.11 Å². The van der Waals surface area contributed by atoms with Gasteiger partial charge in [0.25, 0.3) is 0 Å². The van der Waals surface area contributed by atoms with Gasteiger partial charge in [0.1, 0.15) is 5.75 Å². The fourth-order valence-electron chi connectivity index (χ4n) is 7.08. The van der Waals surface area contributed by atoms with E-state index in [-0.39, 0.29) is 35.3 Å². The maximum Gasteiger partial charge on any atom is 0.241 e. The monoisotopic (exact) mass is 470 g/mol. The maximum atomic E-state index is 14.1. The summed E-state index contributed by atoms with van der Waals surface area (Å²) in [6.45, 7) is 1.84. The molecule has 2 aliphatic heterocycles. The molecule has 4 aliphatic rings. The van der Waals surface area contributed by atoms with E-state index in [9.17, 15) is 24.3 Å². The highest BCUT2D eigenvalue weighted by molar-refractivity contribution is 6.24. The molecule has 2 aromatic carbocycles. The molecular weight excluding hydrogens is 444 g/mol. The molecule has 35 heavy (non-hydrogen) atoms. The van der Waals surface area contributed by atoms with Crippen molar-refractivity contribution in [2.45, 2.75) is 25.7 Å². The number of hydrogen-bond donors (Lipinski definition) is 1. The molecule has 178 valence electrons. The van der Waals surface area contributed by atoms with Gasteiger partial charge in [-0.1, -0.05) is 42.0 Å². The van der Waals surface area contributed by atoms with Crippen LogP contribution in [-0.2, 0) is 19.2 Å². The number of nitrogens with zero attached hydrogens (tertiary/aromatic N) is 2. The van der Waals surface area contributed by atoms with E-state index in [1.165, 1.54) is 16.8 Å². The summed E-state index contributed by atoms with van der Waals surface area (Å²) in [7, 11) is 1.52. The Morgan fingerprint density at radius 3 is 2.37 bits per heavy atom. The van der Waals surface area contributed by atoms with Gasteiger partial charge in [-0.3, -0.25) is 24.1 Å². The van der Waals surface area contributed by atoms with Crippen molar-refractivity contribution >= 4 is 29.3 Å². The van der Waals surface area contributed by atoms with Gasteiger partial charge in [-0.25, -0.2) is 4.90 Å². The lowest BCUT2D eigenvalue weighted by atomic mass is 9.51. The molecule has 7 heteroatoms. The van der Waals surface area contributed by atoms with Gasteiger partial charge in [-0.15, -0.1) is 0 Å². The largest absolute Gasteiger partial charge is 0.508 e. The lowest BCUT2D eigenvalue weighted by Gasteiger charge is -2.49. The molecular formula is C28H26N2O5. The Morgan fingerprint density at radius 2 is 1.66 bits per heavy atom. The van der Waals surface area contributed by atoms with Crippen molar-refractivity contribution in [2.24, 2.45) is 29.1 Å². The average molecular weight is 471 g/mol. The number of amides is 4.